The third-order valence-electron chi connectivity index (χ3n) is 4.45. The lowest BCUT2D eigenvalue weighted by molar-refractivity contribution is 0.0690. The highest BCUT2D eigenvalue weighted by molar-refractivity contribution is 5.86. The molecule has 2 aliphatic heterocycles. The number of para-hydroxylation sites is 1. The molecule has 1 N–H and O–H groups in total. The number of benzene rings is 1. The van der Waals surface area contributed by atoms with Gasteiger partial charge in [-0.1, -0.05) is 18.2 Å². The second kappa shape index (κ2) is 4.73. The van der Waals surface area contributed by atoms with Crippen molar-refractivity contribution < 1.29 is 14.6 Å². The Morgan fingerprint density at radius 3 is 2.91 bits per heavy atom. The van der Waals surface area contributed by atoms with Crippen LogP contribution in [0.25, 0.3) is 0 Å². The van der Waals surface area contributed by atoms with Gasteiger partial charge in [-0.05, 0) is 30.2 Å². The molecule has 0 radical (unpaired) electrons. The average molecular weight is 296 g/mol. The van der Waals surface area contributed by atoms with Gasteiger partial charge < -0.3 is 14.7 Å². The first-order chi connectivity index (χ1) is 10.7. The van der Waals surface area contributed by atoms with Gasteiger partial charge in [-0.2, -0.15) is 0 Å². The quantitative estimate of drug-likeness (QED) is 0.920. The summed E-state index contributed by atoms with van der Waals surface area (Å²) >= 11 is 0. The summed E-state index contributed by atoms with van der Waals surface area (Å²) in [5.41, 5.74) is 2.40. The summed E-state index contributed by atoms with van der Waals surface area (Å²) in [6.07, 6.45) is 2.56. The molecular formula is C17H16N2O3. The topological polar surface area (TPSA) is 62.7 Å². The second-order valence-electron chi connectivity index (χ2n) is 6.13. The maximum Gasteiger partial charge on any atom is 0.354 e. The number of fused-ring (bicyclic) bond motifs is 1. The van der Waals surface area contributed by atoms with E-state index in [-0.39, 0.29) is 11.1 Å². The zero-order valence-corrected chi connectivity index (χ0v) is 12.0. The van der Waals surface area contributed by atoms with Crippen LogP contribution in [0.3, 0.4) is 0 Å². The molecule has 4 rings (SSSR count). The lowest BCUT2D eigenvalue weighted by atomic mass is 9.73. The SMILES string of the molecule is O=C(O)c1cc(N2CC3(COc4ccccc4C3)C2)ccn1. The summed E-state index contributed by atoms with van der Waals surface area (Å²) in [6.45, 7) is 2.48. The van der Waals surface area contributed by atoms with Crippen molar-refractivity contribution in [1.82, 2.24) is 4.98 Å². The molecule has 5 nitrogen and oxygen atoms in total. The Morgan fingerprint density at radius 2 is 2.09 bits per heavy atom. The Bertz CT molecular complexity index is 738. The third-order valence-corrected chi connectivity index (χ3v) is 4.45. The van der Waals surface area contributed by atoms with Crippen LogP contribution in [0.1, 0.15) is 16.1 Å². The van der Waals surface area contributed by atoms with Crippen LogP contribution in [-0.2, 0) is 6.42 Å². The molecule has 0 saturated carbocycles. The number of aromatic nitrogens is 1. The van der Waals surface area contributed by atoms with Gasteiger partial charge in [0, 0.05) is 30.4 Å². The highest BCUT2D eigenvalue weighted by atomic mass is 16.5. The van der Waals surface area contributed by atoms with Gasteiger partial charge in [0.05, 0.1) is 6.61 Å². The Labute approximate surface area is 128 Å². The van der Waals surface area contributed by atoms with Crippen molar-refractivity contribution in [2.75, 3.05) is 24.6 Å². The predicted octanol–water partition coefficient (Wildman–Crippen LogP) is 2.22. The van der Waals surface area contributed by atoms with Crippen molar-refractivity contribution in [3.63, 3.8) is 0 Å². The van der Waals surface area contributed by atoms with Crippen LogP contribution in [0.15, 0.2) is 42.6 Å². The summed E-state index contributed by atoms with van der Waals surface area (Å²) in [5.74, 6) is -0.00402. The average Bonchev–Trinajstić information content (AvgIpc) is 2.52. The van der Waals surface area contributed by atoms with E-state index in [1.54, 1.807) is 12.3 Å². The molecule has 112 valence electrons. The lowest BCUT2D eigenvalue weighted by Gasteiger charge is -2.53. The number of carboxylic acids is 1. The number of rotatable bonds is 2. The molecule has 0 aliphatic carbocycles. The van der Waals surface area contributed by atoms with Crippen molar-refractivity contribution in [3.8, 4) is 5.75 Å². The van der Waals surface area contributed by atoms with E-state index < -0.39 is 5.97 Å². The molecule has 1 saturated heterocycles. The molecule has 2 aliphatic rings. The van der Waals surface area contributed by atoms with Gasteiger partial charge in [0.1, 0.15) is 11.4 Å². The van der Waals surface area contributed by atoms with Crippen LogP contribution in [0, 0.1) is 5.41 Å². The standard InChI is InChI=1S/C17H16N2O3/c20-16(21)14-7-13(5-6-18-14)19-9-17(10-19)8-12-3-1-2-4-15(12)22-11-17/h1-7H,8-11H2,(H,20,21). The normalized spacial score (nSPS) is 18.3. The fraction of sp³-hybridized carbons (Fsp3) is 0.294. The van der Waals surface area contributed by atoms with Crippen molar-refractivity contribution in [1.29, 1.82) is 0 Å². The Morgan fingerprint density at radius 1 is 1.27 bits per heavy atom. The van der Waals surface area contributed by atoms with Gasteiger partial charge in [-0.25, -0.2) is 9.78 Å². The minimum Gasteiger partial charge on any atom is -0.493 e. The summed E-state index contributed by atoms with van der Waals surface area (Å²) in [6, 6.07) is 11.7. The van der Waals surface area contributed by atoms with Gasteiger partial charge in [-0.3, -0.25) is 0 Å². The molecule has 1 fully saturated rings. The highest BCUT2D eigenvalue weighted by Crippen LogP contribution is 2.42. The second-order valence-corrected chi connectivity index (χ2v) is 6.13. The zero-order valence-electron chi connectivity index (χ0n) is 12.0. The zero-order chi connectivity index (χ0) is 15.2. The first-order valence-electron chi connectivity index (χ1n) is 7.30. The molecule has 0 bridgehead atoms. The molecule has 1 spiro atoms. The number of nitrogens with zero attached hydrogens (tertiary/aromatic N) is 2. The molecule has 22 heavy (non-hydrogen) atoms. The van der Waals surface area contributed by atoms with Crippen molar-refractivity contribution >= 4 is 11.7 Å². The van der Waals surface area contributed by atoms with Crippen LogP contribution >= 0.6 is 0 Å². The van der Waals surface area contributed by atoms with Crippen LogP contribution in [0.2, 0.25) is 0 Å². The fourth-order valence-electron chi connectivity index (χ4n) is 3.36. The monoisotopic (exact) mass is 296 g/mol. The number of hydrogen-bond donors (Lipinski definition) is 1. The summed E-state index contributed by atoms with van der Waals surface area (Å²) in [5, 5.41) is 9.03. The van der Waals surface area contributed by atoms with Crippen LogP contribution in [0.4, 0.5) is 5.69 Å². The summed E-state index contributed by atoms with van der Waals surface area (Å²) in [4.78, 5) is 17.1. The predicted molar refractivity (Wildman–Crippen MR) is 81.5 cm³/mol. The maximum absolute atomic E-state index is 11.0. The summed E-state index contributed by atoms with van der Waals surface area (Å²) in [7, 11) is 0. The van der Waals surface area contributed by atoms with Gasteiger partial charge in [0.25, 0.3) is 0 Å². The number of ether oxygens (including phenoxy) is 1. The highest BCUT2D eigenvalue weighted by Gasteiger charge is 2.46. The number of anilines is 1. The lowest BCUT2D eigenvalue weighted by Crippen LogP contribution is -2.61. The van der Waals surface area contributed by atoms with Crippen molar-refractivity contribution in [3.05, 3.63) is 53.9 Å². The number of hydrogen-bond acceptors (Lipinski definition) is 4. The molecule has 5 heteroatoms. The third kappa shape index (κ3) is 2.09. The Hall–Kier alpha value is -2.56. The first-order valence-corrected chi connectivity index (χ1v) is 7.30. The number of pyridine rings is 1. The van der Waals surface area contributed by atoms with Gasteiger partial charge in [-0.15, -0.1) is 0 Å². The molecule has 1 aromatic carbocycles. The Balaban J connectivity index is 1.51. The maximum atomic E-state index is 11.0. The van der Waals surface area contributed by atoms with Crippen LogP contribution in [0.5, 0.6) is 5.75 Å². The molecule has 3 heterocycles. The van der Waals surface area contributed by atoms with E-state index in [0.717, 1.165) is 37.6 Å². The minimum atomic E-state index is -0.994. The Kier molecular flexibility index (Phi) is 2.82. The number of aromatic carboxylic acids is 1. The van der Waals surface area contributed by atoms with E-state index >= 15 is 0 Å². The molecule has 2 aromatic rings. The van der Waals surface area contributed by atoms with Crippen LogP contribution in [-0.4, -0.2) is 35.8 Å². The van der Waals surface area contributed by atoms with E-state index in [4.69, 9.17) is 9.84 Å². The molecule has 0 atom stereocenters. The number of carbonyl (C=O) groups is 1. The molecule has 0 amide bonds. The van der Waals surface area contributed by atoms with E-state index in [0.29, 0.717) is 0 Å². The van der Waals surface area contributed by atoms with E-state index in [9.17, 15) is 4.79 Å². The smallest absolute Gasteiger partial charge is 0.354 e. The fourth-order valence-corrected chi connectivity index (χ4v) is 3.36. The largest absolute Gasteiger partial charge is 0.493 e. The molecule has 0 unspecified atom stereocenters. The molecule has 1 aromatic heterocycles. The summed E-state index contributed by atoms with van der Waals surface area (Å²) < 4.78 is 5.89. The van der Waals surface area contributed by atoms with Crippen molar-refractivity contribution in [2.45, 2.75) is 6.42 Å². The number of carboxylic acid groups (broad SMARTS) is 1. The van der Waals surface area contributed by atoms with Gasteiger partial charge in [0.2, 0.25) is 0 Å². The minimum absolute atomic E-state index is 0.0867. The first kappa shape index (κ1) is 13.1. The van der Waals surface area contributed by atoms with E-state index in [1.165, 1.54) is 5.56 Å². The van der Waals surface area contributed by atoms with E-state index in [1.807, 2.05) is 24.3 Å². The van der Waals surface area contributed by atoms with Crippen LogP contribution < -0.4 is 9.64 Å². The van der Waals surface area contributed by atoms with Gasteiger partial charge >= 0.3 is 5.97 Å². The van der Waals surface area contributed by atoms with E-state index in [2.05, 4.69) is 16.0 Å². The molecular weight excluding hydrogens is 280 g/mol. The van der Waals surface area contributed by atoms with Crippen molar-refractivity contribution in [2.24, 2.45) is 5.41 Å². The van der Waals surface area contributed by atoms with Gasteiger partial charge in [0.15, 0.2) is 0 Å².